The topological polar surface area (TPSA) is 43.9 Å². The fourth-order valence-corrected chi connectivity index (χ4v) is 6.33. The number of nitrogens with zero attached hydrogens (tertiary/aromatic N) is 3. The quantitative estimate of drug-likeness (QED) is 0.445. The highest BCUT2D eigenvalue weighted by molar-refractivity contribution is 7.10. The second kappa shape index (κ2) is 10.9. The summed E-state index contributed by atoms with van der Waals surface area (Å²) in [4.78, 5) is 33.5. The van der Waals surface area contributed by atoms with Crippen LogP contribution >= 0.6 is 11.3 Å². The molecular weight excluding hydrogens is 511 g/mol. The molecule has 1 atom stereocenters. The molecule has 5 rings (SSSR count). The molecule has 5 nitrogen and oxygen atoms in total. The lowest BCUT2D eigenvalue weighted by Crippen LogP contribution is -2.45. The Morgan fingerprint density at radius 1 is 0.895 bits per heavy atom. The monoisotopic (exact) mass is 541 g/mol. The Morgan fingerprint density at radius 2 is 1.61 bits per heavy atom. The van der Waals surface area contributed by atoms with Crippen molar-refractivity contribution in [1.82, 2.24) is 14.7 Å². The largest absolute Gasteiger partial charge is 0.416 e. The second-order valence-corrected chi connectivity index (χ2v) is 10.9. The van der Waals surface area contributed by atoms with Gasteiger partial charge in [-0.25, -0.2) is 0 Å². The van der Waals surface area contributed by atoms with E-state index >= 15 is 0 Å². The van der Waals surface area contributed by atoms with Crippen LogP contribution in [0, 0.1) is 6.92 Å². The van der Waals surface area contributed by atoms with Gasteiger partial charge in [-0.05, 0) is 72.2 Å². The number of alkyl halides is 3. The Hall–Kier alpha value is -3.17. The van der Waals surface area contributed by atoms with Gasteiger partial charge < -0.3 is 9.80 Å². The SMILES string of the molecule is Cc1ccccc1[C@H]1c2ccsc2CCN1CC(=O)N1CCCN(C(=O)c2ccc(C(F)(F)F)cc2)CC1. The van der Waals surface area contributed by atoms with E-state index in [1.807, 2.05) is 17.0 Å². The average Bonchev–Trinajstić information content (AvgIpc) is 3.24. The third-order valence-corrected chi connectivity index (χ3v) is 8.48. The number of fused-ring (bicyclic) bond motifs is 1. The van der Waals surface area contributed by atoms with Crippen molar-refractivity contribution >= 4 is 23.2 Å². The fraction of sp³-hybridized carbons (Fsp3) is 0.379. The molecule has 0 aliphatic carbocycles. The van der Waals surface area contributed by atoms with E-state index in [1.54, 1.807) is 16.2 Å². The van der Waals surface area contributed by atoms with Crippen molar-refractivity contribution in [2.45, 2.75) is 32.0 Å². The molecule has 0 N–H and O–H groups in total. The molecule has 1 saturated heterocycles. The smallest absolute Gasteiger partial charge is 0.340 e. The molecular formula is C29H30F3N3O2S. The molecule has 9 heteroatoms. The third kappa shape index (κ3) is 5.49. The first-order valence-electron chi connectivity index (χ1n) is 12.8. The van der Waals surface area contributed by atoms with Crippen LogP contribution in [-0.2, 0) is 17.4 Å². The van der Waals surface area contributed by atoms with Crippen LogP contribution < -0.4 is 0 Å². The van der Waals surface area contributed by atoms with Crippen molar-refractivity contribution in [3.63, 3.8) is 0 Å². The van der Waals surface area contributed by atoms with Crippen LogP contribution in [0.15, 0.2) is 60.0 Å². The summed E-state index contributed by atoms with van der Waals surface area (Å²) in [7, 11) is 0. The van der Waals surface area contributed by atoms with Crippen molar-refractivity contribution in [2.75, 3.05) is 39.3 Å². The number of carbonyl (C=O) groups is 2. The second-order valence-electron chi connectivity index (χ2n) is 9.88. The van der Waals surface area contributed by atoms with Gasteiger partial charge in [0.1, 0.15) is 0 Å². The number of thiophene rings is 1. The van der Waals surface area contributed by atoms with Gasteiger partial charge in [-0.2, -0.15) is 13.2 Å². The summed E-state index contributed by atoms with van der Waals surface area (Å²) < 4.78 is 38.6. The molecule has 3 heterocycles. The highest BCUT2D eigenvalue weighted by Gasteiger charge is 2.34. The number of benzene rings is 2. The molecule has 2 aromatic carbocycles. The highest BCUT2D eigenvalue weighted by Crippen LogP contribution is 2.38. The minimum atomic E-state index is -4.44. The van der Waals surface area contributed by atoms with Gasteiger partial charge in [0.2, 0.25) is 5.91 Å². The van der Waals surface area contributed by atoms with Crippen molar-refractivity contribution in [3.05, 3.63) is 92.7 Å². The Balaban J connectivity index is 1.25. The van der Waals surface area contributed by atoms with Crippen molar-refractivity contribution < 1.29 is 22.8 Å². The maximum absolute atomic E-state index is 13.5. The summed E-state index contributed by atoms with van der Waals surface area (Å²) in [5.74, 6) is -0.278. The van der Waals surface area contributed by atoms with Crippen LogP contribution in [0.1, 0.15) is 50.0 Å². The standard InChI is InChI=1S/C29H30F3N3O2S/c1-20-5-2-3-6-23(20)27-24-12-18-38-25(24)11-15-35(27)19-26(36)33-13-4-14-34(17-16-33)28(37)21-7-9-22(10-8-21)29(30,31)32/h2-3,5-10,12,18,27H,4,11,13-17,19H2,1H3/t27-/m0/s1. The van der Waals surface area contributed by atoms with E-state index in [1.165, 1.54) is 33.7 Å². The maximum Gasteiger partial charge on any atom is 0.416 e. The molecule has 2 aliphatic rings. The lowest BCUT2D eigenvalue weighted by molar-refractivity contribution is -0.137. The normalized spacial score (nSPS) is 18.7. The summed E-state index contributed by atoms with van der Waals surface area (Å²) in [5.41, 5.74) is 3.12. The average molecular weight is 542 g/mol. The van der Waals surface area contributed by atoms with Gasteiger partial charge in [0.05, 0.1) is 18.2 Å². The lowest BCUT2D eigenvalue weighted by atomic mass is 9.90. The first-order valence-corrected chi connectivity index (χ1v) is 13.7. The van der Waals surface area contributed by atoms with Gasteiger partial charge in [-0.1, -0.05) is 24.3 Å². The van der Waals surface area contributed by atoms with E-state index in [4.69, 9.17) is 0 Å². The van der Waals surface area contributed by atoms with E-state index in [-0.39, 0.29) is 23.4 Å². The van der Waals surface area contributed by atoms with Crippen molar-refractivity contribution in [1.29, 1.82) is 0 Å². The van der Waals surface area contributed by atoms with Crippen LogP contribution in [-0.4, -0.2) is 65.8 Å². The van der Waals surface area contributed by atoms with Gasteiger partial charge in [-0.3, -0.25) is 14.5 Å². The summed E-state index contributed by atoms with van der Waals surface area (Å²) in [6.45, 7) is 4.94. The van der Waals surface area contributed by atoms with Crippen LogP contribution in [0.5, 0.6) is 0 Å². The Labute approximate surface area is 224 Å². The summed E-state index contributed by atoms with van der Waals surface area (Å²) in [6.07, 6.45) is -2.91. The van der Waals surface area contributed by atoms with Crippen LogP contribution in [0.25, 0.3) is 0 Å². The molecule has 1 aromatic heterocycles. The molecule has 0 saturated carbocycles. The molecule has 200 valence electrons. The molecule has 1 fully saturated rings. The predicted octanol–water partition coefficient (Wildman–Crippen LogP) is 5.40. The molecule has 0 spiro atoms. The first-order chi connectivity index (χ1) is 18.2. The minimum Gasteiger partial charge on any atom is -0.340 e. The lowest BCUT2D eigenvalue weighted by Gasteiger charge is -2.37. The Morgan fingerprint density at radius 3 is 2.34 bits per heavy atom. The zero-order valence-electron chi connectivity index (χ0n) is 21.2. The van der Waals surface area contributed by atoms with Gasteiger partial charge >= 0.3 is 6.18 Å². The van der Waals surface area contributed by atoms with Crippen molar-refractivity contribution in [3.8, 4) is 0 Å². The van der Waals surface area contributed by atoms with E-state index in [0.29, 0.717) is 39.1 Å². The number of halogens is 3. The fourth-order valence-electron chi connectivity index (χ4n) is 5.42. The number of carbonyl (C=O) groups excluding carboxylic acids is 2. The molecule has 2 amide bonds. The molecule has 38 heavy (non-hydrogen) atoms. The van der Waals surface area contributed by atoms with Crippen molar-refractivity contribution in [2.24, 2.45) is 0 Å². The van der Waals surface area contributed by atoms with Crippen LogP contribution in [0.3, 0.4) is 0 Å². The number of amides is 2. The van der Waals surface area contributed by atoms with E-state index in [0.717, 1.165) is 25.1 Å². The zero-order chi connectivity index (χ0) is 26.9. The number of hydrogen-bond donors (Lipinski definition) is 0. The molecule has 0 unspecified atom stereocenters. The molecule has 3 aromatic rings. The number of hydrogen-bond acceptors (Lipinski definition) is 4. The van der Waals surface area contributed by atoms with Gasteiger partial charge in [-0.15, -0.1) is 11.3 Å². The van der Waals surface area contributed by atoms with Gasteiger partial charge in [0.25, 0.3) is 5.91 Å². The molecule has 2 aliphatic heterocycles. The van der Waals surface area contributed by atoms with Crippen LogP contribution in [0.2, 0.25) is 0 Å². The summed E-state index contributed by atoms with van der Waals surface area (Å²) >= 11 is 1.77. The molecule has 0 radical (unpaired) electrons. The van der Waals surface area contributed by atoms with E-state index in [2.05, 4.69) is 35.4 Å². The van der Waals surface area contributed by atoms with E-state index in [9.17, 15) is 22.8 Å². The van der Waals surface area contributed by atoms with E-state index < -0.39 is 11.7 Å². The highest BCUT2D eigenvalue weighted by atomic mass is 32.1. The Kier molecular flexibility index (Phi) is 7.59. The number of aryl methyl sites for hydroxylation is 1. The third-order valence-electron chi connectivity index (χ3n) is 7.48. The molecule has 0 bridgehead atoms. The Bertz CT molecular complexity index is 1300. The van der Waals surface area contributed by atoms with Gasteiger partial charge in [0.15, 0.2) is 0 Å². The zero-order valence-corrected chi connectivity index (χ0v) is 22.0. The summed E-state index contributed by atoms with van der Waals surface area (Å²) in [5, 5.41) is 2.12. The predicted molar refractivity (Wildman–Crippen MR) is 141 cm³/mol. The maximum atomic E-state index is 13.5. The summed E-state index contributed by atoms with van der Waals surface area (Å²) in [6, 6.07) is 14.8. The van der Waals surface area contributed by atoms with Gasteiger partial charge in [0, 0.05) is 43.2 Å². The van der Waals surface area contributed by atoms with Crippen LogP contribution in [0.4, 0.5) is 13.2 Å². The first kappa shape index (κ1) is 26.4. The number of rotatable bonds is 4. The minimum absolute atomic E-state index is 0.0277.